The zero-order valence-electron chi connectivity index (χ0n) is 21.6. The van der Waals surface area contributed by atoms with E-state index in [1.165, 1.54) is 23.1 Å². The predicted molar refractivity (Wildman–Crippen MR) is 157 cm³/mol. The number of benzene rings is 3. The monoisotopic (exact) mass is 560 g/mol. The van der Waals surface area contributed by atoms with E-state index < -0.39 is 5.97 Å². The minimum Gasteiger partial charge on any atom is -0.484 e. The minimum absolute atomic E-state index is 0.113. The van der Waals surface area contributed by atoms with Crippen LogP contribution in [0.5, 0.6) is 5.75 Å². The van der Waals surface area contributed by atoms with Gasteiger partial charge in [-0.2, -0.15) is 0 Å². The number of para-hydroxylation sites is 1. The normalized spacial score (nSPS) is 10.5. The van der Waals surface area contributed by atoms with Crippen LogP contribution in [0.1, 0.15) is 22.8 Å². The molecule has 4 rings (SSSR count). The number of hydrogen-bond acceptors (Lipinski definition) is 7. The summed E-state index contributed by atoms with van der Waals surface area (Å²) >= 11 is 2.61. The molecule has 0 atom stereocenters. The Morgan fingerprint density at radius 1 is 0.897 bits per heavy atom. The number of ether oxygens (including phenoxy) is 2. The molecule has 2 amide bonds. The van der Waals surface area contributed by atoms with E-state index in [9.17, 15) is 14.4 Å². The molecule has 0 saturated heterocycles. The number of thioether (sulfide) groups is 1. The molecule has 0 fully saturated rings. The van der Waals surface area contributed by atoms with Crippen LogP contribution in [0.4, 0.5) is 10.7 Å². The lowest BCUT2D eigenvalue weighted by Gasteiger charge is -2.10. The molecule has 9 heteroatoms. The van der Waals surface area contributed by atoms with Crippen LogP contribution in [0.2, 0.25) is 0 Å². The number of aryl methyl sites for hydroxylation is 1. The average molecular weight is 561 g/mol. The number of anilines is 2. The largest absolute Gasteiger partial charge is 0.484 e. The topological polar surface area (TPSA) is 93.7 Å². The second-order valence-electron chi connectivity index (χ2n) is 8.45. The molecule has 0 bridgehead atoms. The van der Waals surface area contributed by atoms with Gasteiger partial charge in [0, 0.05) is 21.5 Å². The van der Waals surface area contributed by atoms with Gasteiger partial charge in [-0.1, -0.05) is 54.1 Å². The van der Waals surface area contributed by atoms with Gasteiger partial charge in [0.1, 0.15) is 16.3 Å². The highest BCUT2D eigenvalue weighted by Gasteiger charge is 2.23. The summed E-state index contributed by atoms with van der Waals surface area (Å²) in [5.41, 5.74) is 3.67. The van der Waals surface area contributed by atoms with Gasteiger partial charge in [0.25, 0.3) is 5.91 Å². The van der Waals surface area contributed by atoms with Gasteiger partial charge < -0.3 is 20.1 Å². The summed E-state index contributed by atoms with van der Waals surface area (Å²) in [5.74, 6) is -0.280. The number of rotatable bonds is 11. The third-order valence-corrected chi connectivity index (χ3v) is 7.38. The Hall–Kier alpha value is -4.08. The van der Waals surface area contributed by atoms with Crippen molar-refractivity contribution in [1.29, 1.82) is 0 Å². The fourth-order valence-corrected chi connectivity index (χ4v) is 5.37. The van der Waals surface area contributed by atoms with Crippen LogP contribution in [-0.4, -0.2) is 36.8 Å². The Kier molecular flexibility index (Phi) is 9.77. The molecule has 0 aliphatic heterocycles. The van der Waals surface area contributed by atoms with Crippen molar-refractivity contribution < 1.29 is 23.9 Å². The molecular formula is C30H28N2O5S2. The molecular weight excluding hydrogens is 532 g/mol. The summed E-state index contributed by atoms with van der Waals surface area (Å²) in [5, 5.41) is 7.99. The van der Waals surface area contributed by atoms with Gasteiger partial charge in [0.2, 0.25) is 5.91 Å². The Bertz CT molecular complexity index is 1440. The van der Waals surface area contributed by atoms with Crippen LogP contribution < -0.4 is 15.4 Å². The number of hydrogen-bond donors (Lipinski definition) is 2. The van der Waals surface area contributed by atoms with Gasteiger partial charge in [0.05, 0.1) is 12.4 Å². The summed E-state index contributed by atoms with van der Waals surface area (Å²) in [6.45, 7) is 3.86. The third-order valence-electron chi connectivity index (χ3n) is 5.49. The van der Waals surface area contributed by atoms with E-state index in [0.29, 0.717) is 22.0 Å². The Labute approximate surface area is 235 Å². The average Bonchev–Trinajstić information content (AvgIpc) is 3.35. The number of carbonyl (C=O) groups is 3. The first-order valence-corrected chi connectivity index (χ1v) is 14.2. The maximum Gasteiger partial charge on any atom is 0.341 e. The van der Waals surface area contributed by atoms with Crippen molar-refractivity contribution in [1.82, 2.24) is 0 Å². The zero-order chi connectivity index (χ0) is 27.6. The quantitative estimate of drug-likeness (QED) is 0.158. The van der Waals surface area contributed by atoms with E-state index >= 15 is 0 Å². The highest BCUT2D eigenvalue weighted by atomic mass is 32.2. The molecule has 0 radical (unpaired) electrons. The fourth-order valence-electron chi connectivity index (χ4n) is 3.64. The predicted octanol–water partition coefficient (Wildman–Crippen LogP) is 6.65. The molecule has 2 N–H and O–H groups in total. The lowest BCUT2D eigenvalue weighted by molar-refractivity contribution is -0.118. The van der Waals surface area contributed by atoms with Crippen molar-refractivity contribution in [2.24, 2.45) is 0 Å². The third kappa shape index (κ3) is 7.95. The van der Waals surface area contributed by atoms with E-state index in [-0.39, 0.29) is 30.8 Å². The van der Waals surface area contributed by atoms with E-state index in [4.69, 9.17) is 9.47 Å². The molecule has 0 unspecified atom stereocenters. The molecule has 7 nitrogen and oxygen atoms in total. The van der Waals surface area contributed by atoms with E-state index in [0.717, 1.165) is 21.6 Å². The lowest BCUT2D eigenvalue weighted by atomic mass is 10.0. The molecule has 1 aromatic heterocycles. The number of carbonyl (C=O) groups excluding carboxylic acids is 3. The molecule has 39 heavy (non-hydrogen) atoms. The van der Waals surface area contributed by atoms with Gasteiger partial charge in [-0.25, -0.2) is 4.79 Å². The summed E-state index contributed by atoms with van der Waals surface area (Å²) in [6, 6.07) is 24.2. The summed E-state index contributed by atoms with van der Waals surface area (Å²) in [4.78, 5) is 38.7. The molecule has 4 aromatic rings. The first-order valence-electron chi connectivity index (χ1n) is 12.3. The highest BCUT2D eigenvalue weighted by molar-refractivity contribution is 8.00. The maximum absolute atomic E-state index is 12.8. The van der Waals surface area contributed by atoms with E-state index in [1.54, 1.807) is 37.3 Å². The molecule has 3 aromatic carbocycles. The Morgan fingerprint density at radius 3 is 2.41 bits per heavy atom. The van der Waals surface area contributed by atoms with Crippen LogP contribution in [0.15, 0.2) is 89.1 Å². The van der Waals surface area contributed by atoms with Gasteiger partial charge in [-0.15, -0.1) is 23.1 Å². The summed E-state index contributed by atoms with van der Waals surface area (Å²) < 4.78 is 10.8. The van der Waals surface area contributed by atoms with E-state index in [1.807, 2.05) is 60.8 Å². The van der Waals surface area contributed by atoms with Crippen molar-refractivity contribution in [2.45, 2.75) is 18.7 Å². The molecule has 0 spiro atoms. The number of thiophene rings is 1. The van der Waals surface area contributed by atoms with Crippen molar-refractivity contribution >= 4 is 51.6 Å². The van der Waals surface area contributed by atoms with Gasteiger partial charge in [-0.3, -0.25) is 9.59 Å². The Balaban J connectivity index is 1.36. The molecule has 0 aliphatic rings. The summed E-state index contributed by atoms with van der Waals surface area (Å²) in [6.07, 6.45) is 0. The maximum atomic E-state index is 12.8. The summed E-state index contributed by atoms with van der Waals surface area (Å²) in [7, 11) is 0. The highest BCUT2D eigenvalue weighted by Crippen LogP contribution is 2.36. The van der Waals surface area contributed by atoms with Crippen LogP contribution in [0, 0.1) is 6.92 Å². The van der Waals surface area contributed by atoms with Crippen LogP contribution in [0.25, 0.3) is 11.1 Å². The standard InChI is InChI=1S/C30H28N2O5S2/c1-3-36-30(35)28-25(21-14-12-20(2)13-15-21)18-39-29(28)32-27(34)19-38-24-11-7-8-22(16-24)31-26(33)17-37-23-9-5-4-6-10-23/h4-16,18H,3,17,19H2,1-2H3,(H,31,33)(H,32,34). The zero-order valence-corrected chi connectivity index (χ0v) is 23.2. The van der Waals surface area contributed by atoms with Crippen LogP contribution >= 0.6 is 23.1 Å². The molecule has 1 heterocycles. The van der Waals surface area contributed by atoms with Gasteiger partial charge in [-0.05, 0) is 49.7 Å². The van der Waals surface area contributed by atoms with E-state index in [2.05, 4.69) is 10.6 Å². The molecule has 0 aliphatic carbocycles. The fraction of sp³-hybridized carbons (Fsp3) is 0.167. The SMILES string of the molecule is CCOC(=O)c1c(-c2ccc(C)cc2)csc1NC(=O)CSc1cccc(NC(=O)COc2ccccc2)c1. The lowest BCUT2D eigenvalue weighted by Crippen LogP contribution is -2.20. The first-order chi connectivity index (χ1) is 18.9. The number of amides is 2. The van der Waals surface area contributed by atoms with Gasteiger partial charge >= 0.3 is 5.97 Å². The van der Waals surface area contributed by atoms with Crippen molar-refractivity contribution in [3.8, 4) is 16.9 Å². The van der Waals surface area contributed by atoms with Crippen molar-refractivity contribution in [2.75, 3.05) is 29.6 Å². The second kappa shape index (κ2) is 13.6. The Morgan fingerprint density at radius 2 is 1.67 bits per heavy atom. The van der Waals surface area contributed by atoms with Gasteiger partial charge in [0.15, 0.2) is 6.61 Å². The van der Waals surface area contributed by atoms with Crippen LogP contribution in [-0.2, 0) is 14.3 Å². The van der Waals surface area contributed by atoms with Crippen molar-refractivity contribution in [3.63, 3.8) is 0 Å². The van der Waals surface area contributed by atoms with Crippen LogP contribution in [0.3, 0.4) is 0 Å². The first kappa shape index (κ1) is 27.9. The second-order valence-corrected chi connectivity index (χ2v) is 10.4. The van der Waals surface area contributed by atoms with Crippen molar-refractivity contribution in [3.05, 3.63) is 95.4 Å². The smallest absolute Gasteiger partial charge is 0.341 e. The number of nitrogens with one attached hydrogen (secondary N) is 2. The molecule has 0 saturated carbocycles. The minimum atomic E-state index is -0.475. The number of esters is 1. The molecule has 200 valence electrons.